The van der Waals surface area contributed by atoms with Crippen LogP contribution in [0.25, 0.3) is 0 Å². The molecule has 6 nitrogen and oxygen atoms in total. The molecule has 0 saturated heterocycles. The van der Waals surface area contributed by atoms with E-state index in [4.69, 9.17) is 0 Å². The Morgan fingerprint density at radius 2 is 2.12 bits per heavy atom. The highest BCUT2D eigenvalue weighted by atomic mass is 19.1. The average Bonchev–Trinajstić information content (AvgIpc) is 2.21. The Kier molecular flexibility index (Phi) is 3.91. The Morgan fingerprint density at radius 1 is 1.47 bits per heavy atom. The van der Waals surface area contributed by atoms with Crippen molar-refractivity contribution < 1.29 is 18.5 Å². The molecule has 0 aromatic heterocycles. The molecule has 2 amide bonds. The van der Waals surface area contributed by atoms with E-state index in [0.717, 1.165) is 0 Å². The lowest BCUT2D eigenvalue weighted by Crippen LogP contribution is -2.29. The topological polar surface area (TPSA) is 84.3 Å². The molecule has 0 aliphatic heterocycles. The quantitative estimate of drug-likeness (QED) is 0.631. The smallest absolute Gasteiger partial charge is 0.319 e. The zero-order valence-corrected chi connectivity index (χ0v) is 8.79. The average molecular weight is 245 g/mol. The van der Waals surface area contributed by atoms with Crippen LogP contribution in [-0.2, 0) is 0 Å². The van der Waals surface area contributed by atoms with Gasteiger partial charge in [0.25, 0.3) is 5.69 Å². The Labute approximate surface area is 94.8 Å². The zero-order chi connectivity index (χ0) is 13.0. The summed E-state index contributed by atoms with van der Waals surface area (Å²) in [6.07, 6.45) is 0. The number of nitro groups is 1. The van der Waals surface area contributed by atoms with Crippen LogP contribution in [0.5, 0.6) is 0 Å². The second-order valence-electron chi connectivity index (χ2n) is 3.02. The minimum absolute atomic E-state index is 0.266. The van der Waals surface area contributed by atoms with Gasteiger partial charge in [-0.25, -0.2) is 13.6 Å². The van der Waals surface area contributed by atoms with E-state index in [9.17, 15) is 23.7 Å². The molecule has 0 bridgehead atoms. The molecular formula is C9H9F2N3O3. The SMILES string of the molecule is CCNC(=O)Nc1c(F)cc(F)cc1[N+](=O)[O-]. The molecule has 1 aromatic carbocycles. The van der Waals surface area contributed by atoms with E-state index in [-0.39, 0.29) is 6.54 Å². The van der Waals surface area contributed by atoms with Gasteiger partial charge in [0.2, 0.25) is 0 Å². The van der Waals surface area contributed by atoms with Crippen LogP contribution in [-0.4, -0.2) is 17.5 Å². The van der Waals surface area contributed by atoms with Crippen molar-refractivity contribution >= 4 is 17.4 Å². The molecule has 1 rings (SSSR count). The van der Waals surface area contributed by atoms with E-state index in [2.05, 4.69) is 5.32 Å². The van der Waals surface area contributed by atoms with Gasteiger partial charge in [-0.15, -0.1) is 0 Å². The summed E-state index contributed by atoms with van der Waals surface area (Å²) in [5, 5.41) is 14.8. The van der Waals surface area contributed by atoms with Gasteiger partial charge in [0, 0.05) is 12.6 Å². The highest BCUT2D eigenvalue weighted by molar-refractivity contribution is 5.91. The molecule has 0 aliphatic carbocycles. The number of hydrogen-bond acceptors (Lipinski definition) is 3. The molecule has 1 aromatic rings. The number of nitro benzene ring substituents is 1. The monoisotopic (exact) mass is 245 g/mol. The number of nitrogens with one attached hydrogen (secondary N) is 2. The number of anilines is 1. The number of carbonyl (C=O) groups is 1. The fraction of sp³-hybridized carbons (Fsp3) is 0.222. The third-order valence-electron chi connectivity index (χ3n) is 1.81. The normalized spacial score (nSPS) is 9.82. The molecule has 0 fully saturated rings. The first kappa shape index (κ1) is 12.8. The molecule has 8 heteroatoms. The summed E-state index contributed by atoms with van der Waals surface area (Å²) in [6, 6.07) is 0.181. The number of rotatable bonds is 3. The summed E-state index contributed by atoms with van der Waals surface area (Å²) in [5.41, 5.74) is -1.50. The largest absolute Gasteiger partial charge is 0.338 e. The second-order valence-corrected chi connectivity index (χ2v) is 3.02. The third kappa shape index (κ3) is 3.10. The van der Waals surface area contributed by atoms with Crippen molar-refractivity contribution in [3.63, 3.8) is 0 Å². The summed E-state index contributed by atoms with van der Waals surface area (Å²) in [7, 11) is 0. The maximum Gasteiger partial charge on any atom is 0.319 e. The number of urea groups is 1. The number of halogens is 2. The zero-order valence-electron chi connectivity index (χ0n) is 8.79. The maximum absolute atomic E-state index is 13.3. The van der Waals surface area contributed by atoms with Crippen molar-refractivity contribution in [2.45, 2.75) is 6.92 Å². The Balaban J connectivity index is 3.12. The molecule has 0 saturated carbocycles. The predicted molar refractivity (Wildman–Crippen MR) is 55.7 cm³/mol. The molecule has 0 spiro atoms. The molecule has 2 N–H and O–H groups in total. The van der Waals surface area contributed by atoms with Crippen molar-refractivity contribution in [3.8, 4) is 0 Å². The fourth-order valence-electron chi connectivity index (χ4n) is 1.15. The van der Waals surface area contributed by atoms with E-state index in [1.165, 1.54) is 0 Å². The van der Waals surface area contributed by atoms with E-state index in [0.29, 0.717) is 12.1 Å². The highest BCUT2D eigenvalue weighted by Crippen LogP contribution is 2.28. The number of benzene rings is 1. The molecule has 0 aliphatic rings. The van der Waals surface area contributed by atoms with Crippen LogP contribution in [0.1, 0.15) is 6.92 Å². The van der Waals surface area contributed by atoms with Crippen LogP contribution >= 0.6 is 0 Å². The van der Waals surface area contributed by atoms with Gasteiger partial charge in [0.05, 0.1) is 11.0 Å². The lowest BCUT2D eigenvalue weighted by Gasteiger charge is -2.07. The molecule has 0 heterocycles. The number of amides is 2. The fourth-order valence-corrected chi connectivity index (χ4v) is 1.15. The summed E-state index contributed by atoms with van der Waals surface area (Å²) in [4.78, 5) is 20.7. The van der Waals surface area contributed by atoms with Gasteiger partial charge in [0.15, 0.2) is 11.5 Å². The number of carbonyl (C=O) groups excluding carboxylic acids is 1. The lowest BCUT2D eigenvalue weighted by molar-refractivity contribution is -0.384. The van der Waals surface area contributed by atoms with E-state index in [1.807, 2.05) is 5.32 Å². The van der Waals surface area contributed by atoms with Crippen LogP contribution in [0.3, 0.4) is 0 Å². The van der Waals surface area contributed by atoms with Crippen LogP contribution < -0.4 is 10.6 Å². The number of hydrogen-bond donors (Lipinski definition) is 2. The van der Waals surface area contributed by atoms with Gasteiger partial charge in [-0.1, -0.05) is 0 Å². The third-order valence-corrected chi connectivity index (χ3v) is 1.81. The van der Waals surface area contributed by atoms with Crippen molar-refractivity contribution in [2.75, 3.05) is 11.9 Å². The van der Waals surface area contributed by atoms with Crippen LogP contribution in [0.2, 0.25) is 0 Å². The molecule has 0 radical (unpaired) electrons. The van der Waals surface area contributed by atoms with Gasteiger partial charge in [-0.05, 0) is 6.92 Å². The summed E-state index contributed by atoms with van der Waals surface area (Å²) < 4.78 is 26.1. The maximum atomic E-state index is 13.3. The molecular weight excluding hydrogens is 236 g/mol. The van der Waals surface area contributed by atoms with Crippen LogP contribution in [0.4, 0.5) is 25.0 Å². The van der Waals surface area contributed by atoms with Gasteiger partial charge < -0.3 is 5.32 Å². The van der Waals surface area contributed by atoms with Crippen LogP contribution in [0.15, 0.2) is 12.1 Å². The minimum atomic E-state index is -1.21. The summed E-state index contributed by atoms with van der Waals surface area (Å²) >= 11 is 0. The molecule has 0 atom stereocenters. The van der Waals surface area contributed by atoms with E-state index in [1.54, 1.807) is 6.92 Å². The standard InChI is InChI=1S/C9H9F2N3O3/c1-2-12-9(15)13-8-6(11)3-5(10)4-7(8)14(16)17/h3-4H,2H2,1H3,(H2,12,13,15). The Bertz CT molecular complexity index is 465. The Morgan fingerprint density at radius 3 is 2.65 bits per heavy atom. The predicted octanol–water partition coefficient (Wildman–Crippen LogP) is 2.01. The van der Waals surface area contributed by atoms with Gasteiger partial charge >= 0.3 is 6.03 Å². The van der Waals surface area contributed by atoms with Crippen molar-refractivity contribution in [1.29, 1.82) is 0 Å². The summed E-state index contributed by atoms with van der Waals surface area (Å²) in [6.45, 7) is 1.89. The Hall–Kier alpha value is -2.25. The van der Waals surface area contributed by atoms with Gasteiger partial charge in [-0.3, -0.25) is 15.4 Å². The minimum Gasteiger partial charge on any atom is -0.338 e. The van der Waals surface area contributed by atoms with Crippen LogP contribution in [0, 0.1) is 21.7 Å². The summed E-state index contributed by atoms with van der Waals surface area (Å²) in [5.74, 6) is -2.29. The highest BCUT2D eigenvalue weighted by Gasteiger charge is 2.21. The molecule has 92 valence electrons. The second kappa shape index (κ2) is 5.19. The first-order valence-electron chi connectivity index (χ1n) is 4.64. The van der Waals surface area contributed by atoms with Crippen molar-refractivity contribution in [1.82, 2.24) is 5.32 Å². The molecule has 0 unspecified atom stereocenters. The first-order chi connectivity index (χ1) is 7.95. The first-order valence-corrected chi connectivity index (χ1v) is 4.64. The van der Waals surface area contributed by atoms with E-state index < -0.39 is 34.0 Å². The van der Waals surface area contributed by atoms with Gasteiger partial charge in [0.1, 0.15) is 5.82 Å². The lowest BCUT2D eigenvalue weighted by atomic mass is 10.2. The van der Waals surface area contributed by atoms with Crippen molar-refractivity contribution in [3.05, 3.63) is 33.9 Å². The molecule has 17 heavy (non-hydrogen) atoms. The van der Waals surface area contributed by atoms with Crippen molar-refractivity contribution in [2.24, 2.45) is 0 Å². The van der Waals surface area contributed by atoms with Gasteiger partial charge in [-0.2, -0.15) is 0 Å². The van der Waals surface area contributed by atoms with E-state index >= 15 is 0 Å². The number of nitrogens with zero attached hydrogens (tertiary/aromatic N) is 1.